The number of fused-ring (bicyclic) bond motifs is 4. The molecule has 1 saturated carbocycles. The number of ether oxygens (including phenoxy) is 5. The summed E-state index contributed by atoms with van der Waals surface area (Å²) in [4.78, 5) is 11.7. The van der Waals surface area contributed by atoms with Crippen LogP contribution < -0.4 is 0 Å². The van der Waals surface area contributed by atoms with E-state index in [4.69, 9.17) is 32.5 Å². The third-order valence-electron chi connectivity index (χ3n) is 7.59. The molecule has 3 rings (SSSR count). The number of methoxy groups -OCH3 is 2. The maximum Gasteiger partial charge on any atom is 0.304 e. The average molecular weight is 505 g/mol. The molecule has 0 radical (unpaired) electrons. The van der Waals surface area contributed by atoms with Gasteiger partial charge in [0.2, 0.25) is 6.29 Å². The van der Waals surface area contributed by atoms with Gasteiger partial charge in [0.15, 0.2) is 29.2 Å². The Labute approximate surface area is 201 Å². The van der Waals surface area contributed by atoms with Crippen LogP contribution in [0.4, 0.5) is 0 Å². The van der Waals surface area contributed by atoms with Gasteiger partial charge in [0.25, 0.3) is 0 Å². The normalized spacial score (nSPS) is 36.8. The third-order valence-corrected chi connectivity index (χ3v) is 13.1. The molecule has 0 aromatic carbocycles. The Balaban J connectivity index is 2.04. The summed E-state index contributed by atoms with van der Waals surface area (Å²) >= 11 is 0. The van der Waals surface area contributed by atoms with Gasteiger partial charge in [0.05, 0.1) is 12.2 Å². The summed E-state index contributed by atoms with van der Waals surface area (Å²) in [6.07, 6.45) is -1.03. The van der Waals surface area contributed by atoms with Crippen LogP contribution in [0, 0.1) is 11.8 Å². The van der Waals surface area contributed by atoms with E-state index >= 15 is 0 Å². The SMILES string of the molecule is COC(OC)[C@@H]1[C@@H](O[Si](C)(C)C(C)(C)C)[C@@H]2C[C@H]1[C@@]1(O[Si](C)(C)C)C[C@@H](OC(C)=O)O[C@H]1O2. The summed E-state index contributed by atoms with van der Waals surface area (Å²) in [5, 5.41) is 0.0448. The second kappa shape index (κ2) is 9.27. The van der Waals surface area contributed by atoms with Crippen LogP contribution in [0.2, 0.25) is 37.8 Å². The Morgan fingerprint density at radius 2 is 1.67 bits per heavy atom. The Hall–Kier alpha value is -0.336. The van der Waals surface area contributed by atoms with Crippen molar-refractivity contribution in [2.45, 2.75) is 115 Å². The second-order valence-corrected chi connectivity index (χ2v) is 21.3. The molecule has 2 heterocycles. The Bertz CT molecular complexity index is 714. The average Bonchev–Trinajstić information content (AvgIpc) is 3.12. The minimum Gasteiger partial charge on any atom is -0.436 e. The van der Waals surface area contributed by atoms with Crippen LogP contribution in [-0.4, -0.2) is 73.5 Å². The maximum atomic E-state index is 11.7. The van der Waals surface area contributed by atoms with E-state index in [9.17, 15) is 4.79 Å². The summed E-state index contributed by atoms with van der Waals surface area (Å²) in [6, 6.07) is 0. The largest absolute Gasteiger partial charge is 0.436 e. The highest BCUT2D eigenvalue weighted by Gasteiger charge is 2.69. The summed E-state index contributed by atoms with van der Waals surface area (Å²) in [7, 11) is -0.838. The van der Waals surface area contributed by atoms with Crippen LogP contribution in [0.15, 0.2) is 0 Å². The molecule has 1 aliphatic carbocycles. The van der Waals surface area contributed by atoms with Crippen LogP contribution >= 0.6 is 0 Å². The fourth-order valence-electron chi connectivity index (χ4n) is 5.38. The van der Waals surface area contributed by atoms with Crippen molar-refractivity contribution in [3.8, 4) is 0 Å². The molecule has 7 atom stereocenters. The summed E-state index contributed by atoms with van der Waals surface area (Å²) < 4.78 is 43.7. The summed E-state index contributed by atoms with van der Waals surface area (Å²) in [5.74, 6) is -0.484. The number of hydrogen-bond donors (Lipinski definition) is 0. The third kappa shape index (κ3) is 5.28. The number of hydrogen-bond acceptors (Lipinski definition) is 8. The van der Waals surface area contributed by atoms with Gasteiger partial charge < -0.3 is 32.5 Å². The van der Waals surface area contributed by atoms with Crippen molar-refractivity contribution in [1.29, 1.82) is 0 Å². The van der Waals surface area contributed by atoms with Crippen molar-refractivity contribution in [3.63, 3.8) is 0 Å². The van der Waals surface area contributed by atoms with Crippen LogP contribution in [0.25, 0.3) is 0 Å². The van der Waals surface area contributed by atoms with E-state index < -0.39 is 41.1 Å². The lowest BCUT2D eigenvalue weighted by molar-refractivity contribution is -0.269. The molecule has 0 aromatic heterocycles. The van der Waals surface area contributed by atoms with Crippen molar-refractivity contribution < 1.29 is 37.3 Å². The molecule has 2 aliphatic heterocycles. The molecule has 0 aromatic rings. The quantitative estimate of drug-likeness (QED) is 0.276. The first kappa shape index (κ1) is 27.3. The highest BCUT2D eigenvalue weighted by atomic mass is 28.4. The molecule has 8 nitrogen and oxygen atoms in total. The van der Waals surface area contributed by atoms with Crippen molar-refractivity contribution in [2.75, 3.05) is 14.2 Å². The first-order valence-electron chi connectivity index (χ1n) is 12.0. The van der Waals surface area contributed by atoms with E-state index in [1.165, 1.54) is 6.92 Å². The molecule has 2 bridgehead atoms. The van der Waals surface area contributed by atoms with Gasteiger partial charge in [-0.2, -0.15) is 0 Å². The predicted molar refractivity (Wildman–Crippen MR) is 129 cm³/mol. The Morgan fingerprint density at radius 3 is 2.15 bits per heavy atom. The van der Waals surface area contributed by atoms with Crippen LogP contribution in [0.3, 0.4) is 0 Å². The highest BCUT2D eigenvalue weighted by molar-refractivity contribution is 6.74. The molecule has 192 valence electrons. The van der Waals surface area contributed by atoms with Crippen molar-refractivity contribution >= 4 is 22.6 Å². The molecule has 33 heavy (non-hydrogen) atoms. The lowest BCUT2D eigenvalue weighted by Crippen LogP contribution is -2.58. The van der Waals surface area contributed by atoms with Crippen molar-refractivity contribution in [1.82, 2.24) is 0 Å². The summed E-state index contributed by atoms with van der Waals surface area (Å²) in [6.45, 7) is 19.1. The van der Waals surface area contributed by atoms with E-state index in [-0.39, 0.29) is 35.1 Å². The number of carbonyl (C=O) groups is 1. The number of carbonyl (C=O) groups excluding carboxylic acids is 1. The minimum absolute atomic E-state index is 0.00759. The molecule has 0 spiro atoms. The van der Waals surface area contributed by atoms with E-state index in [0.29, 0.717) is 6.42 Å². The molecule has 2 saturated heterocycles. The lowest BCUT2D eigenvalue weighted by Gasteiger charge is -2.47. The van der Waals surface area contributed by atoms with Crippen molar-refractivity contribution in [2.24, 2.45) is 11.8 Å². The number of esters is 1. The fraction of sp³-hybridized carbons (Fsp3) is 0.957. The molecule has 10 heteroatoms. The Kier molecular flexibility index (Phi) is 7.66. The smallest absolute Gasteiger partial charge is 0.304 e. The zero-order valence-electron chi connectivity index (χ0n) is 22.2. The van der Waals surface area contributed by atoms with E-state index in [0.717, 1.165) is 6.42 Å². The molecule has 3 fully saturated rings. The van der Waals surface area contributed by atoms with Gasteiger partial charge in [-0.25, -0.2) is 0 Å². The standard InChI is InChI=1S/C23H44O8Si2/c1-14(24)27-17-13-23(31-32(7,8)9)15-12-16(28-21(23)29-17)19(18(15)20(25-5)26-6)30-33(10,11)22(2,3)4/h15-21H,12-13H2,1-11H3/t15-,16+,17+,18+,19+,21-,23+/m1/s1. The van der Waals surface area contributed by atoms with Gasteiger partial charge >= 0.3 is 5.97 Å². The minimum atomic E-state index is -2.12. The Morgan fingerprint density at radius 1 is 1.06 bits per heavy atom. The molecule has 0 unspecified atom stereocenters. The number of rotatable bonds is 8. The highest BCUT2D eigenvalue weighted by Crippen LogP contribution is 2.58. The molecular weight excluding hydrogens is 460 g/mol. The predicted octanol–water partition coefficient (Wildman–Crippen LogP) is 4.26. The maximum absolute atomic E-state index is 11.7. The van der Waals surface area contributed by atoms with Gasteiger partial charge in [-0.05, 0) is 44.2 Å². The van der Waals surface area contributed by atoms with Crippen LogP contribution in [-0.2, 0) is 37.3 Å². The van der Waals surface area contributed by atoms with Gasteiger partial charge in [-0.15, -0.1) is 0 Å². The van der Waals surface area contributed by atoms with Gasteiger partial charge in [0.1, 0.15) is 5.60 Å². The first-order chi connectivity index (χ1) is 15.0. The molecule has 0 N–H and O–H groups in total. The van der Waals surface area contributed by atoms with E-state index in [1.807, 2.05) is 0 Å². The molecule has 3 aliphatic rings. The monoisotopic (exact) mass is 504 g/mol. The first-order valence-corrected chi connectivity index (χ1v) is 18.3. The molecular formula is C23H44O8Si2. The van der Waals surface area contributed by atoms with Crippen LogP contribution in [0.1, 0.15) is 40.5 Å². The molecule has 0 amide bonds. The van der Waals surface area contributed by atoms with Crippen LogP contribution in [0.5, 0.6) is 0 Å². The fourth-order valence-corrected chi connectivity index (χ4v) is 8.20. The second-order valence-electron chi connectivity index (χ2n) is 12.2. The topological polar surface area (TPSA) is 81.7 Å². The lowest BCUT2D eigenvalue weighted by atomic mass is 9.77. The van der Waals surface area contributed by atoms with E-state index in [1.54, 1.807) is 14.2 Å². The summed E-state index contributed by atoms with van der Waals surface area (Å²) in [5.41, 5.74) is -0.757. The van der Waals surface area contributed by atoms with E-state index in [2.05, 4.69) is 53.5 Å². The van der Waals surface area contributed by atoms with Gasteiger partial charge in [-0.3, -0.25) is 4.79 Å². The zero-order valence-corrected chi connectivity index (χ0v) is 24.2. The van der Waals surface area contributed by atoms with Gasteiger partial charge in [0, 0.05) is 39.4 Å². The van der Waals surface area contributed by atoms with Crippen molar-refractivity contribution in [3.05, 3.63) is 0 Å². The van der Waals surface area contributed by atoms with Gasteiger partial charge in [-0.1, -0.05) is 20.8 Å². The zero-order chi connectivity index (χ0) is 25.0.